The van der Waals surface area contributed by atoms with Crippen molar-refractivity contribution in [2.45, 2.75) is 6.42 Å². The number of anilines is 1. The van der Waals surface area contributed by atoms with Gasteiger partial charge in [0.25, 0.3) is 0 Å². The van der Waals surface area contributed by atoms with Gasteiger partial charge in [-0.1, -0.05) is 27.5 Å². The molecule has 78 valence electrons. The van der Waals surface area contributed by atoms with E-state index in [-0.39, 0.29) is 0 Å². The van der Waals surface area contributed by atoms with E-state index in [1.54, 1.807) is 0 Å². The SMILES string of the molecule is CSCCCNc1ccc(Br)cc1Cl. The Balaban J connectivity index is 2.42. The van der Waals surface area contributed by atoms with E-state index in [0.717, 1.165) is 28.1 Å². The van der Waals surface area contributed by atoms with Crippen molar-refractivity contribution >= 4 is 45.0 Å². The smallest absolute Gasteiger partial charge is 0.0648 e. The van der Waals surface area contributed by atoms with Crippen LogP contribution in [0.3, 0.4) is 0 Å². The summed E-state index contributed by atoms with van der Waals surface area (Å²) >= 11 is 11.3. The first-order valence-electron chi connectivity index (χ1n) is 4.42. The summed E-state index contributed by atoms with van der Waals surface area (Å²) in [7, 11) is 0. The normalized spacial score (nSPS) is 10.2. The molecule has 0 fully saturated rings. The van der Waals surface area contributed by atoms with Crippen LogP contribution in [0.1, 0.15) is 6.42 Å². The summed E-state index contributed by atoms with van der Waals surface area (Å²) in [5.41, 5.74) is 1.01. The fraction of sp³-hybridized carbons (Fsp3) is 0.400. The Morgan fingerprint density at radius 3 is 2.93 bits per heavy atom. The molecule has 0 aliphatic heterocycles. The highest BCUT2D eigenvalue weighted by molar-refractivity contribution is 9.10. The van der Waals surface area contributed by atoms with Crippen LogP contribution in [0.25, 0.3) is 0 Å². The molecule has 14 heavy (non-hydrogen) atoms. The van der Waals surface area contributed by atoms with Crippen molar-refractivity contribution in [3.05, 3.63) is 27.7 Å². The fourth-order valence-electron chi connectivity index (χ4n) is 1.07. The predicted octanol–water partition coefficient (Wildman–Crippen LogP) is 4.27. The van der Waals surface area contributed by atoms with Crippen molar-refractivity contribution in [2.75, 3.05) is 23.9 Å². The third-order valence-corrected chi connectivity index (χ3v) is 3.27. The largest absolute Gasteiger partial charge is 0.384 e. The summed E-state index contributed by atoms with van der Waals surface area (Å²) in [6.45, 7) is 0.974. The van der Waals surface area contributed by atoms with E-state index >= 15 is 0 Å². The number of thioether (sulfide) groups is 1. The van der Waals surface area contributed by atoms with Gasteiger partial charge in [0.15, 0.2) is 0 Å². The molecule has 1 aromatic rings. The number of hydrogen-bond acceptors (Lipinski definition) is 2. The minimum Gasteiger partial charge on any atom is -0.384 e. The molecule has 0 aliphatic rings. The predicted molar refractivity (Wildman–Crippen MR) is 70.6 cm³/mol. The highest BCUT2D eigenvalue weighted by Crippen LogP contribution is 2.25. The van der Waals surface area contributed by atoms with Crippen LogP contribution in [-0.4, -0.2) is 18.6 Å². The molecule has 1 N–H and O–H groups in total. The van der Waals surface area contributed by atoms with Gasteiger partial charge >= 0.3 is 0 Å². The lowest BCUT2D eigenvalue weighted by Crippen LogP contribution is -2.02. The van der Waals surface area contributed by atoms with Gasteiger partial charge in [-0.15, -0.1) is 0 Å². The zero-order valence-electron chi connectivity index (χ0n) is 8.02. The lowest BCUT2D eigenvalue weighted by molar-refractivity contribution is 0.993. The highest BCUT2D eigenvalue weighted by Gasteiger charge is 1.99. The topological polar surface area (TPSA) is 12.0 Å². The monoisotopic (exact) mass is 293 g/mol. The summed E-state index contributed by atoms with van der Waals surface area (Å²) in [6.07, 6.45) is 3.28. The van der Waals surface area contributed by atoms with Gasteiger partial charge in [-0.3, -0.25) is 0 Å². The van der Waals surface area contributed by atoms with Gasteiger partial charge in [0.2, 0.25) is 0 Å². The van der Waals surface area contributed by atoms with E-state index in [4.69, 9.17) is 11.6 Å². The van der Waals surface area contributed by atoms with Crippen LogP contribution >= 0.6 is 39.3 Å². The van der Waals surface area contributed by atoms with Crippen LogP contribution in [-0.2, 0) is 0 Å². The molecule has 1 nitrogen and oxygen atoms in total. The van der Waals surface area contributed by atoms with E-state index < -0.39 is 0 Å². The second kappa shape index (κ2) is 6.59. The van der Waals surface area contributed by atoms with Gasteiger partial charge in [-0.2, -0.15) is 11.8 Å². The molecule has 0 heterocycles. The number of halogens is 2. The van der Waals surface area contributed by atoms with E-state index in [0.29, 0.717) is 0 Å². The maximum absolute atomic E-state index is 6.04. The van der Waals surface area contributed by atoms with Crippen LogP contribution in [0.15, 0.2) is 22.7 Å². The Morgan fingerprint density at radius 1 is 1.50 bits per heavy atom. The average molecular weight is 295 g/mol. The standard InChI is InChI=1S/C10H13BrClNS/c1-14-6-2-5-13-10-4-3-8(11)7-9(10)12/h3-4,7,13H,2,5-6H2,1H3. The first-order valence-corrected chi connectivity index (χ1v) is 6.98. The van der Waals surface area contributed by atoms with Gasteiger partial charge in [0, 0.05) is 11.0 Å². The number of hydrogen-bond donors (Lipinski definition) is 1. The molecule has 0 saturated carbocycles. The number of benzene rings is 1. The maximum atomic E-state index is 6.04. The first-order chi connectivity index (χ1) is 6.74. The van der Waals surface area contributed by atoms with Gasteiger partial charge in [0.05, 0.1) is 10.7 Å². The lowest BCUT2D eigenvalue weighted by atomic mass is 10.3. The van der Waals surface area contributed by atoms with Crippen molar-refractivity contribution < 1.29 is 0 Å². The Hall–Kier alpha value is 0.140. The zero-order valence-corrected chi connectivity index (χ0v) is 11.2. The van der Waals surface area contributed by atoms with Crippen molar-refractivity contribution in [3.8, 4) is 0 Å². The van der Waals surface area contributed by atoms with Crippen LogP contribution in [0.4, 0.5) is 5.69 Å². The van der Waals surface area contributed by atoms with Crippen LogP contribution < -0.4 is 5.32 Å². The van der Waals surface area contributed by atoms with Crippen molar-refractivity contribution in [3.63, 3.8) is 0 Å². The second-order valence-corrected chi connectivity index (χ2v) is 5.21. The fourth-order valence-corrected chi connectivity index (χ4v) is 2.25. The van der Waals surface area contributed by atoms with E-state index in [2.05, 4.69) is 27.5 Å². The molecule has 1 rings (SSSR count). The Kier molecular flexibility index (Phi) is 5.75. The molecular formula is C10H13BrClNS. The summed E-state index contributed by atoms with van der Waals surface area (Å²) in [4.78, 5) is 0. The van der Waals surface area contributed by atoms with Gasteiger partial charge in [0.1, 0.15) is 0 Å². The molecule has 0 saturated heterocycles. The highest BCUT2D eigenvalue weighted by atomic mass is 79.9. The quantitative estimate of drug-likeness (QED) is 0.814. The molecule has 0 spiro atoms. The number of rotatable bonds is 5. The minimum absolute atomic E-state index is 0.767. The van der Waals surface area contributed by atoms with Gasteiger partial charge < -0.3 is 5.32 Å². The first kappa shape index (κ1) is 12.2. The molecule has 0 bridgehead atoms. The number of nitrogens with one attached hydrogen (secondary N) is 1. The minimum atomic E-state index is 0.767. The Labute approximate surface area is 103 Å². The Bertz CT molecular complexity index is 293. The molecule has 0 aromatic heterocycles. The van der Waals surface area contributed by atoms with Crippen molar-refractivity contribution in [1.82, 2.24) is 0 Å². The van der Waals surface area contributed by atoms with Crippen LogP contribution in [0.5, 0.6) is 0 Å². The van der Waals surface area contributed by atoms with Crippen molar-refractivity contribution in [2.24, 2.45) is 0 Å². The molecular weight excluding hydrogens is 282 g/mol. The zero-order chi connectivity index (χ0) is 10.4. The summed E-state index contributed by atoms with van der Waals surface area (Å²) in [5, 5.41) is 4.08. The molecule has 1 aromatic carbocycles. The Morgan fingerprint density at radius 2 is 2.29 bits per heavy atom. The third-order valence-electron chi connectivity index (χ3n) is 1.77. The molecule has 4 heteroatoms. The van der Waals surface area contributed by atoms with Crippen LogP contribution in [0, 0.1) is 0 Å². The van der Waals surface area contributed by atoms with E-state index in [9.17, 15) is 0 Å². The molecule has 0 amide bonds. The summed E-state index contributed by atoms with van der Waals surface area (Å²) in [6, 6.07) is 5.88. The summed E-state index contributed by atoms with van der Waals surface area (Å²) < 4.78 is 1.01. The van der Waals surface area contributed by atoms with E-state index in [1.807, 2.05) is 30.0 Å². The second-order valence-electron chi connectivity index (χ2n) is 2.90. The van der Waals surface area contributed by atoms with Gasteiger partial charge in [-0.05, 0) is 36.6 Å². The van der Waals surface area contributed by atoms with E-state index in [1.165, 1.54) is 5.75 Å². The lowest BCUT2D eigenvalue weighted by Gasteiger charge is -2.07. The van der Waals surface area contributed by atoms with Crippen molar-refractivity contribution in [1.29, 1.82) is 0 Å². The molecule has 0 unspecified atom stereocenters. The van der Waals surface area contributed by atoms with Crippen LogP contribution in [0.2, 0.25) is 5.02 Å². The summed E-state index contributed by atoms with van der Waals surface area (Å²) in [5.74, 6) is 1.18. The molecule has 0 aliphatic carbocycles. The maximum Gasteiger partial charge on any atom is 0.0648 e. The average Bonchev–Trinajstić information content (AvgIpc) is 2.15. The third kappa shape index (κ3) is 4.11. The van der Waals surface area contributed by atoms with Gasteiger partial charge in [-0.25, -0.2) is 0 Å². The molecule has 0 atom stereocenters. The molecule has 0 radical (unpaired) electrons.